The van der Waals surface area contributed by atoms with E-state index in [1.807, 2.05) is 17.5 Å². The molecule has 0 bridgehead atoms. The maximum absolute atomic E-state index is 12.5. The number of carbonyl (C=O) groups excluding carboxylic acids is 1. The maximum Gasteiger partial charge on any atom is 0.242 e. The SMILES string of the molecule is C[C@@H](O)[C@H](N)C(=O)N1CCc2cc(S(=O)(=O)NCc3cccs3)ccc2C1. The Balaban J connectivity index is 1.72. The number of nitrogens with one attached hydrogen (secondary N) is 1. The van der Waals surface area contributed by atoms with Gasteiger partial charge in [0.05, 0.1) is 11.0 Å². The van der Waals surface area contributed by atoms with Crippen LogP contribution in [0.15, 0.2) is 40.6 Å². The molecule has 0 spiro atoms. The highest BCUT2D eigenvalue weighted by Crippen LogP contribution is 2.23. The second kappa shape index (κ2) is 8.07. The van der Waals surface area contributed by atoms with Crippen molar-refractivity contribution >= 4 is 27.3 Å². The topological polar surface area (TPSA) is 113 Å². The predicted octanol–water partition coefficient (Wildman–Crippen LogP) is 0.819. The smallest absolute Gasteiger partial charge is 0.242 e. The number of nitrogens with two attached hydrogens (primary N) is 1. The van der Waals surface area contributed by atoms with Crippen molar-refractivity contribution in [2.24, 2.45) is 5.73 Å². The molecule has 7 nitrogen and oxygen atoms in total. The first-order valence-corrected chi connectivity index (χ1v) is 11.0. The first-order chi connectivity index (χ1) is 12.8. The Kier molecular flexibility index (Phi) is 5.97. The van der Waals surface area contributed by atoms with Crippen LogP contribution in [0.4, 0.5) is 0 Å². The number of amides is 1. The van der Waals surface area contributed by atoms with Crippen LogP contribution in [0.5, 0.6) is 0 Å². The number of aliphatic hydroxyl groups excluding tert-OH is 1. The molecule has 3 rings (SSSR count). The van der Waals surface area contributed by atoms with Crippen LogP contribution >= 0.6 is 11.3 Å². The Hall–Kier alpha value is -1.78. The van der Waals surface area contributed by atoms with Gasteiger partial charge in [-0.3, -0.25) is 4.79 Å². The molecule has 1 aliphatic heterocycles. The molecule has 27 heavy (non-hydrogen) atoms. The summed E-state index contributed by atoms with van der Waals surface area (Å²) >= 11 is 1.50. The van der Waals surface area contributed by atoms with Gasteiger partial charge in [-0.25, -0.2) is 13.1 Å². The Labute approximate surface area is 162 Å². The van der Waals surface area contributed by atoms with Gasteiger partial charge >= 0.3 is 0 Å². The van der Waals surface area contributed by atoms with E-state index in [0.717, 1.165) is 16.0 Å². The van der Waals surface area contributed by atoms with E-state index in [-0.39, 0.29) is 17.3 Å². The van der Waals surface area contributed by atoms with Crippen molar-refractivity contribution in [3.63, 3.8) is 0 Å². The summed E-state index contributed by atoms with van der Waals surface area (Å²) in [7, 11) is -3.60. The van der Waals surface area contributed by atoms with E-state index in [1.54, 1.807) is 23.1 Å². The largest absolute Gasteiger partial charge is 0.391 e. The Morgan fingerprint density at radius 1 is 1.37 bits per heavy atom. The molecule has 2 heterocycles. The Morgan fingerprint density at radius 2 is 2.15 bits per heavy atom. The lowest BCUT2D eigenvalue weighted by Gasteiger charge is -2.31. The molecule has 0 unspecified atom stereocenters. The lowest BCUT2D eigenvalue weighted by Crippen LogP contribution is -2.50. The van der Waals surface area contributed by atoms with Gasteiger partial charge < -0.3 is 15.7 Å². The molecular weight excluding hydrogens is 386 g/mol. The number of fused-ring (bicyclic) bond motifs is 1. The van der Waals surface area contributed by atoms with Crippen molar-refractivity contribution in [3.8, 4) is 0 Å². The molecule has 0 fully saturated rings. The summed E-state index contributed by atoms with van der Waals surface area (Å²) in [5.41, 5.74) is 7.54. The van der Waals surface area contributed by atoms with E-state index >= 15 is 0 Å². The molecule has 2 atom stereocenters. The van der Waals surface area contributed by atoms with Gasteiger partial charge in [-0.15, -0.1) is 11.3 Å². The van der Waals surface area contributed by atoms with Crippen molar-refractivity contribution in [3.05, 3.63) is 51.7 Å². The first kappa shape index (κ1) is 20.0. The lowest BCUT2D eigenvalue weighted by atomic mass is 9.99. The molecule has 0 saturated heterocycles. The van der Waals surface area contributed by atoms with E-state index in [4.69, 9.17) is 5.73 Å². The standard InChI is InChI=1S/C18H23N3O4S2/c1-12(22)17(19)18(23)21-7-6-13-9-16(5-4-14(13)11-21)27(24,25)20-10-15-3-2-8-26-15/h2-5,8-9,12,17,20,22H,6-7,10-11,19H2,1H3/t12-,17+/m1/s1. The average Bonchev–Trinajstić information content (AvgIpc) is 3.18. The number of hydrogen-bond donors (Lipinski definition) is 3. The summed E-state index contributed by atoms with van der Waals surface area (Å²) < 4.78 is 27.7. The number of benzene rings is 1. The molecule has 9 heteroatoms. The molecule has 4 N–H and O–H groups in total. The normalized spacial score (nSPS) is 16.6. The molecule has 1 amide bonds. The van der Waals surface area contributed by atoms with Crippen LogP contribution in [0.25, 0.3) is 0 Å². The molecule has 0 radical (unpaired) electrons. The quantitative estimate of drug-likeness (QED) is 0.654. The van der Waals surface area contributed by atoms with Crippen LogP contribution < -0.4 is 10.5 Å². The second-order valence-electron chi connectivity index (χ2n) is 6.61. The summed E-state index contributed by atoms with van der Waals surface area (Å²) in [5, 5.41) is 11.4. The number of carbonyl (C=O) groups is 1. The molecule has 1 aliphatic rings. The van der Waals surface area contributed by atoms with Crippen LogP contribution in [0.2, 0.25) is 0 Å². The maximum atomic E-state index is 12.5. The molecule has 0 aliphatic carbocycles. The van der Waals surface area contributed by atoms with E-state index in [0.29, 0.717) is 19.5 Å². The third-order valence-electron chi connectivity index (χ3n) is 4.63. The number of aliphatic hydroxyl groups is 1. The zero-order valence-electron chi connectivity index (χ0n) is 15.0. The first-order valence-electron chi connectivity index (χ1n) is 8.64. The molecule has 146 valence electrons. The second-order valence-corrected chi connectivity index (χ2v) is 9.41. The summed E-state index contributed by atoms with van der Waals surface area (Å²) in [4.78, 5) is 15.1. The van der Waals surface area contributed by atoms with E-state index in [2.05, 4.69) is 4.72 Å². The molecular formula is C18H23N3O4S2. The van der Waals surface area contributed by atoms with Gasteiger partial charge in [-0.05, 0) is 48.1 Å². The number of sulfonamides is 1. The van der Waals surface area contributed by atoms with E-state index < -0.39 is 22.2 Å². The van der Waals surface area contributed by atoms with E-state index in [1.165, 1.54) is 18.3 Å². The number of hydrogen-bond acceptors (Lipinski definition) is 6. The zero-order chi connectivity index (χ0) is 19.6. The Bertz CT molecular complexity index is 911. The van der Waals surface area contributed by atoms with Crippen LogP contribution in [0.1, 0.15) is 22.9 Å². The van der Waals surface area contributed by atoms with Gasteiger partial charge in [0.25, 0.3) is 0 Å². The van der Waals surface area contributed by atoms with Crippen LogP contribution in [0.3, 0.4) is 0 Å². The number of nitrogens with zero attached hydrogens (tertiary/aromatic N) is 1. The minimum absolute atomic E-state index is 0.221. The van der Waals surface area contributed by atoms with Crippen molar-refractivity contribution in [2.45, 2.75) is 43.5 Å². The van der Waals surface area contributed by atoms with Gasteiger partial charge in [0.1, 0.15) is 6.04 Å². The highest BCUT2D eigenvalue weighted by Gasteiger charge is 2.28. The van der Waals surface area contributed by atoms with Gasteiger partial charge in [0, 0.05) is 24.5 Å². The molecule has 1 aromatic carbocycles. The fraction of sp³-hybridized carbons (Fsp3) is 0.389. The van der Waals surface area contributed by atoms with Gasteiger partial charge in [0.2, 0.25) is 15.9 Å². The van der Waals surface area contributed by atoms with Gasteiger partial charge in [0.15, 0.2) is 0 Å². The number of rotatable bonds is 6. The highest BCUT2D eigenvalue weighted by atomic mass is 32.2. The summed E-state index contributed by atoms with van der Waals surface area (Å²) in [6.07, 6.45) is -0.372. The average molecular weight is 410 g/mol. The third-order valence-corrected chi connectivity index (χ3v) is 6.91. The van der Waals surface area contributed by atoms with Crippen LogP contribution in [0, 0.1) is 0 Å². The van der Waals surface area contributed by atoms with Crippen LogP contribution in [-0.2, 0) is 34.3 Å². The fourth-order valence-corrected chi connectivity index (χ4v) is 4.76. The van der Waals surface area contributed by atoms with Crippen molar-refractivity contribution in [1.82, 2.24) is 9.62 Å². The van der Waals surface area contributed by atoms with Gasteiger partial charge in [-0.2, -0.15) is 0 Å². The summed E-state index contributed by atoms with van der Waals surface area (Å²) in [6, 6.07) is 7.77. The molecule has 1 aromatic heterocycles. The summed E-state index contributed by atoms with van der Waals surface area (Å²) in [6.45, 7) is 2.55. The zero-order valence-corrected chi connectivity index (χ0v) is 16.6. The molecule has 2 aromatic rings. The summed E-state index contributed by atoms with van der Waals surface area (Å²) in [5.74, 6) is -0.301. The minimum atomic E-state index is -3.60. The fourth-order valence-electron chi connectivity index (χ4n) is 2.96. The van der Waals surface area contributed by atoms with Crippen molar-refractivity contribution in [1.29, 1.82) is 0 Å². The lowest BCUT2D eigenvalue weighted by molar-refractivity contribution is -0.135. The van der Waals surface area contributed by atoms with Crippen molar-refractivity contribution < 1.29 is 18.3 Å². The molecule has 0 saturated carbocycles. The van der Waals surface area contributed by atoms with Crippen molar-refractivity contribution in [2.75, 3.05) is 6.54 Å². The van der Waals surface area contributed by atoms with Crippen LogP contribution in [-0.4, -0.2) is 43.0 Å². The predicted molar refractivity (Wildman–Crippen MR) is 104 cm³/mol. The van der Waals surface area contributed by atoms with Gasteiger partial charge in [-0.1, -0.05) is 12.1 Å². The monoisotopic (exact) mass is 409 g/mol. The Morgan fingerprint density at radius 3 is 2.81 bits per heavy atom. The number of thiophene rings is 1. The third kappa shape index (κ3) is 4.56. The van der Waals surface area contributed by atoms with E-state index in [9.17, 15) is 18.3 Å². The minimum Gasteiger partial charge on any atom is -0.391 e. The highest BCUT2D eigenvalue weighted by molar-refractivity contribution is 7.89.